The monoisotopic (exact) mass is 324 g/mol. The van der Waals surface area contributed by atoms with E-state index in [9.17, 15) is 10.2 Å². The number of aliphatic hydroxyl groups is 2. The van der Waals surface area contributed by atoms with Crippen LogP contribution in [-0.4, -0.2) is 46.3 Å². The van der Waals surface area contributed by atoms with Crippen molar-refractivity contribution in [2.45, 2.75) is 46.1 Å². The van der Waals surface area contributed by atoms with E-state index in [2.05, 4.69) is 6.58 Å². The van der Waals surface area contributed by atoms with Crippen molar-refractivity contribution in [2.75, 3.05) is 19.8 Å². The standard InChI is InChI=1S/C18H30NO4/c1-6-14-19(17(4,20)22-7-2,18(5,21)23-8-3)15-16-12-10-9-11-13-16/h6,9-13,20-21H,1,7-8,14-15H2,2-5H3/q+1. The van der Waals surface area contributed by atoms with Crippen LogP contribution in [-0.2, 0) is 16.0 Å². The van der Waals surface area contributed by atoms with Crippen molar-refractivity contribution in [2.24, 2.45) is 0 Å². The third-order valence-electron chi connectivity index (χ3n) is 4.16. The SMILES string of the molecule is C=CC[N+](Cc1ccccc1)(C(C)(O)OCC)C(C)(O)OCC. The first-order valence-electron chi connectivity index (χ1n) is 8.01. The van der Waals surface area contributed by atoms with Crippen molar-refractivity contribution in [3.63, 3.8) is 0 Å². The van der Waals surface area contributed by atoms with Gasteiger partial charge in [-0.05, 0) is 19.9 Å². The molecule has 0 saturated heterocycles. The van der Waals surface area contributed by atoms with E-state index in [1.54, 1.807) is 33.8 Å². The van der Waals surface area contributed by atoms with Gasteiger partial charge in [0, 0.05) is 19.4 Å². The highest BCUT2D eigenvalue weighted by molar-refractivity contribution is 5.13. The number of ether oxygens (including phenoxy) is 2. The van der Waals surface area contributed by atoms with E-state index >= 15 is 0 Å². The van der Waals surface area contributed by atoms with Crippen LogP contribution < -0.4 is 0 Å². The topological polar surface area (TPSA) is 58.9 Å². The van der Waals surface area contributed by atoms with Crippen LogP contribution in [0.3, 0.4) is 0 Å². The van der Waals surface area contributed by atoms with E-state index in [-0.39, 0.29) is 11.0 Å². The number of hydrogen-bond donors (Lipinski definition) is 2. The summed E-state index contributed by atoms with van der Waals surface area (Å²) >= 11 is 0. The van der Waals surface area contributed by atoms with Crippen LogP contribution in [0.25, 0.3) is 0 Å². The molecule has 0 radical (unpaired) electrons. The Kier molecular flexibility index (Phi) is 6.92. The Balaban J connectivity index is 3.43. The summed E-state index contributed by atoms with van der Waals surface area (Å²) in [6, 6.07) is 9.65. The number of hydrogen-bond acceptors (Lipinski definition) is 4. The first-order chi connectivity index (χ1) is 10.8. The van der Waals surface area contributed by atoms with Gasteiger partial charge in [0.25, 0.3) is 0 Å². The molecule has 0 amide bonds. The van der Waals surface area contributed by atoms with Gasteiger partial charge in [-0.3, -0.25) is 0 Å². The smallest absolute Gasteiger partial charge is 0.318 e. The molecule has 1 aromatic rings. The number of quaternary nitrogens is 1. The van der Waals surface area contributed by atoms with Gasteiger partial charge in [-0.1, -0.05) is 36.9 Å². The van der Waals surface area contributed by atoms with Crippen molar-refractivity contribution in [3.05, 3.63) is 48.6 Å². The average molecular weight is 324 g/mol. The lowest BCUT2D eigenvalue weighted by Gasteiger charge is -2.53. The zero-order valence-corrected chi connectivity index (χ0v) is 14.7. The van der Waals surface area contributed by atoms with Crippen molar-refractivity contribution in [1.29, 1.82) is 0 Å². The van der Waals surface area contributed by atoms with Gasteiger partial charge < -0.3 is 19.7 Å². The van der Waals surface area contributed by atoms with Crippen molar-refractivity contribution in [3.8, 4) is 0 Å². The molecule has 5 heteroatoms. The maximum atomic E-state index is 11.0. The molecule has 0 fully saturated rings. The maximum Gasteiger partial charge on any atom is 0.318 e. The predicted octanol–water partition coefficient (Wildman–Crippen LogP) is 2.59. The summed E-state index contributed by atoms with van der Waals surface area (Å²) in [7, 11) is 0. The lowest BCUT2D eigenvalue weighted by Crippen LogP contribution is -2.74. The molecule has 2 atom stereocenters. The molecule has 0 bridgehead atoms. The second-order valence-electron chi connectivity index (χ2n) is 5.82. The molecule has 1 aromatic carbocycles. The fourth-order valence-corrected chi connectivity index (χ4v) is 2.99. The Morgan fingerprint density at radius 3 is 1.91 bits per heavy atom. The molecule has 0 spiro atoms. The molecular weight excluding hydrogens is 294 g/mol. The molecule has 23 heavy (non-hydrogen) atoms. The molecule has 1 rings (SSSR count). The minimum absolute atomic E-state index is 0.255. The number of benzene rings is 1. The first-order valence-corrected chi connectivity index (χ1v) is 8.01. The van der Waals surface area contributed by atoms with E-state index in [0.717, 1.165) is 5.56 Å². The molecule has 0 saturated carbocycles. The number of rotatable bonds is 10. The van der Waals surface area contributed by atoms with Crippen molar-refractivity contribution >= 4 is 0 Å². The molecule has 0 aromatic heterocycles. The highest BCUT2D eigenvalue weighted by Gasteiger charge is 2.59. The van der Waals surface area contributed by atoms with E-state index in [1.165, 1.54) is 0 Å². The Bertz CT molecular complexity index is 467. The molecule has 0 heterocycles. The largest absolute Gasteiger partial charge is 0.319 e. The zero-order chi connectivity index (χ0) is 17.6. The minimum atomic E-state index is -1.66. The van der Waals surface area contributed by atoms with E-state index in [0.29, 0.717) is 19.8 Å². The summed E-state index contributed by atoms with van der Waals surface area (Å²) in [5.74, 6) is -3.31. The Morgan fingerprint density at radius 1 is 1.04 bits per heavy atom. The third-order valence-corrected chi connectivity index (χ3v) is 4.16. The van der Waals surface area contributed by atoms with Crippen LogP contribution in [0, 0.1) is 0 Å². The lowest BCUT2D eigenvalue weighted by atomic mass is 10.1. The average Bonchev–Trinajstić information content (AvgIpc) is 2.47. The van der Waals surface area contributed by atoms with Crippen LogP contribution in [0.5, 0.6) is 0 Å². The molecule has 2 unspecified atom stereocenters. The Labute approximate surface area is 139 Å². The molecule has 0 aliphatic rings. The van der Waals surface area contributed by atoms with Gasteiger partial charge in [0.05, 0.1) is 13.2 Å². The second kappa shape index (κ2) is 8.04. The van der Waals surface area contributed by atoms with Crippen LogP contribution in [0.15, 0.2) is 43.0 Å². The van der Waals surface area contributed by atoms with Gasteiger partial charge in [-0.25, -0.2) is 4.48 Å². The minimum Gasteiger partial charge on any atom is -0.319 e. The van der Waals surface area contributed by atoms with Gasteiger partial charge >= 0.3 is 11.8 Å². The quantitative estimate of drug-likeness (QED) is 0.394. The third kappa shape index (κ3) is 4.19. The van der Waals surface area contributed by atoms with Gasteiger partial charge in [0.15, 0.2) is 0 Å². The maximum absolute atomic E-state index is 11.0. The normalized spacial score (nSPS) is 19.4. The van der Waals surface area contributed by atoms with Gasteiger partial charge in [0.1, 0.15) is 13.1 Å². The molecule has 2 N–H and O–H groups in total. The van der Waals surface area contributed by atoms with Crippen molar-refractivity contribution < 1.29 is 24.2 Å². The van der Waals surface area contributed by atoms with E-state index in [1.807, 2.05) is 30.3 Å². The van der Waals surface area contributed by atoms with Gasteiger partial charge in [-0.2, -0.15) is 0 Å². The molecule has 130 valence electrons. The Morgan fingerprint density at radius 2 is 1.52 bits per heavy atom. The van der Waals surface area contributed by atoms with Crippen LogP contribution in [0.2, 0.25) is 0 Å². The second-order valence-corrected chi connectivity index (χ2v) is 5.82. The highest BCUT2D eigenvalue weighted by atomic mass is 16.7. The molecule has 5 nitrogen and oxygen atoms in total. The Hall–Kier alpha value is -1.24. The summed E-state index contributed by atoms with van der Waals surface area (Å²) in [5.41, 5.74) is 0.953. The van der Waals surface area contributed by atoms with E-state index < -0.39 is 11.8 Å². The number of nitrogens with zero attached hydrogens (tertiary/aromatic N) is 1. The first kappa shape index (κ1) is 19.8. The summed E-state index contributed by atoms with van der Waals surface area (Å²) in [5, 5.41) is 22.1. The van der Waals surface area contributed by atoms with Gasteiger partial charge in [0.2, 0.25) is 0 Å². The van der Waals surface area contributed by atoms with Crippen LogP contribution >= 0.6 is 0 Å². The summed E-state index contributed by atoms with van der Waals surface area (Å²) in [6.45, 7) is 11.7. The van der Waals surface area contributed by atoms with Crippen LogP contribution in [0.1, 0.15) is 33.3 Å². The summed E-state index contributed by atoms with van der Waals surface area (Å²) in [4.78, 5) is 0. The van der Waals surface area contributed by atoms with Crippen molar-refractivity contribution in [1.82, 2.24) is 0 Å². The molecule has 0 aliphatic heterocycles. The lowest BCUT2D eigenvalue weighted by molar-refractivity contribution is -1.10. The highest BCUT2D eigenvalue weighted by Crippen LogP contribution is 2.37. The fraction of sp³-hybridized carbons (Fsp3) is 0.556. The van der Waals surface area contributed by atoms with Gasteiger partial charge in [-0.15, -0.1) is 0 Å². The van der Waals surface area contributed by atoms with E-state index in [4.69, 9.17) is 9.47 Å². The summed E-state index contributed by atoms with van der Waals surface area (Å²) in [6.07, 6.45) is 1.66. The van der Waals surface area contributed by atoms with Crippen LogP contribution in [0.4, 0.5) is 0 Å². The zero-order valence-electron chi connectivity index (χ0n) is 14.7. The summed E-state index contributed by atoms with van der Waals surface area (Å²) < 4.78 is 10.9. The fourth-order valence-electron chi connectivity index (χ4n) is 2.99. The molecule has 0 aliphatic carbocycles. The predicted molar refractivity (Wildman–Crippen MR) is 90.0 cm³/mol. The molecular formula is C18H30NO4+.